The minimum absolute atomic E-state index is 0.117. The molecule has 7 heteroatoms. The summed E-state index contributed by atoms with van der Waals surface area (Å²) in [4.78, 5) is 20.4. The van der Waals surface area contributed by atoms with Gasteiger partial charge >= 0.3 is 5.97 Å². The molecular formula is C9H9NO6. The highest BCUT2D eigenvalue weighted by molar-refractivity contribution is 5.79. The molecular weight excluding hydrogens is 218 g/mol. The van der Waals surface area contributed by atoms with Crippen molar-refractivity contribution >= 4 is 11.7 Å². The zero-order valence-corrected chi connectivity index (χ0v) is 8.03. The maximum Gasteiger partial charge on any atom is 0.342 e. The number of aliphatic carboxylic acids is 1. The van der Waals surface area contributed by atoms with E-state index in [-0.39, 0.29) is 11.3 Å². The van der Waals surface area contributed by atoms with Crippen LogP contribution in [0.5, 0.6) is 0 Å². The van der Waals surface area contributed by atoms with Crippen LogP contribution in [0.25, 0.3) is 0 Å². The van der Waals surface area contributed by atoms with Crippen molar-refractivity contribution in [2.75, 3.05) is 6.61 Å². The minimum Gasteiger partial charge on any atom is -0.479 e. The highest BCUT2D eigenvalue weighted by Crippen LogP contribution is 2.23. The van der Waals surface area contributed by atoms with E-state index in [1.807, 2.05) is 0 Å². The Morgan fingerprint density at radius 1 is 1.38 bits per heavy atom. The summed E-state index contributed by atoms with van der Waals surface area (Å²) in [5.74, 6) is -1.62. The van der Waals surface area contributed by atoms with Gasteiger partial charge in [-0.1, -0.05) is 0 Å². The summed E-state index contributed by atoms with van der Waals surface area (Å²) in [6.07, 6.45) is 0. The van der Waals surface area contributed by atoms with Crippen LogP contribution in [0.2, 0.25) is 0 Å². The van der Waals surface area contributed by atoms with E-state index in [4.69, 9.17) is 10.2 Å². The van der Waals surface area contributed by atoms with Gasteiger partial charge in [0.1, 0.15) is 0 Å². The molecule has 86 valence electrons. The third kappa shape index (κ3) is 2.00. The van der Waals surface area contributed by atoms with E-state index in [0.29, 0.717) is 0 Å². The second kappa shape index (κ2) is 4.25. The topological polar surface area (TPSA) is 121 Å². The number of rotatable bonds is 4. The van der Waals surface area contributed by atoms with Gasteiger partial charge in [0.2, 0.25) is 5.60 Å². The van der Waals surface area contributed by atoms with Gasteiger partial charge in [0.25, 0.3) is 5.69 Å². The standard InChI is InChI=1S/C9H9NO6/c11-5-9(14,8(12)13)6-1-3-7(4-2-6)10(15)16/h1-4,11,14H,5H2,(H,12,13). The Balaban J connectivity index is 3.14. The molecule has 0 aromatic heterocycles. The Bertz CT molecular complexity index is 415. The quantitative estimate of drug-likeness (QED) is 0.486. The number of nitro groups is 1. The molecule has 0 bridgehead atoms. The second-order valence-corrected chi connectivity index (χ2v) is 3.13. The fourth-order valence-corrected chi connectivity index (χ4v) is 1.14. The van der Waals surface area contributed by atoms with Crippen molar-refractivity contribution < 1.29 is 25.0 Å². The molecule has 0 aliphatic rings. The Labute approximate surface area is 89.7 Å². The van der Waals surface area contributed by atoms with Gasteiger partial charge < -0.3 is 15.3 Å². The van der Waals surface area contributed by atoms with Gasteiger partial charge in [0, 0.05) is 12.1 Å². The summed E-state index contributed by atoms with van der Waals surface area (Å²) in [5, 5.41) is 37.5. The Kier molecular flexibility index (Phi) is 3.21. The van der Waals surface area contributed by atoms with Gasteiger partial charge in [0.05, 0.1) is 11.5 Å². The Morgan fingerprint density at radius 2 is 1.88 bits per heavy atom. The number of carbonyl (C=O) groups is 1. The smallest absolute Gasteiger partial charge is 0.342 e. The summed E-state index contributed by atoms with van der Waals surface area (Å²) < 4.78 is 0. The number of aliphatic hydroxyl groups excluding tert-OH is 1. The van der Waals surface area contributed by atoms with E-state index >= 15 is 0 Å². The molecule has 1 unspecified atom stereocenters. The van der Waals surface area contributed by atoms with E-state index in [1.165, 1.54) is 0 Å². The molecule has 0 saturated heterocycles. The molecule has 0 radical (unpaired) electrons. The highest BCUT2D eigenvalue weighted by Gasteiger charge is 2.37. The van der Waals surface area contributed by atoms with E-state index < -0.39 is 23.1 Å². The maximum absolute atomic E-state index is 10.7. The summed E-state index contributed by atoms with van der Waals surface area (Å²) in [7, 11) is 0. The first-order valence-corrected chi connectivity index (χ1v) is 4.23. The molecule has 16 heavy (non-hydrogen) atoms. The van der Waals surface area contributed by atoms with E-state index in [9.17, 15) is 20.0 Å². The van der Waals surface area contributed by atoms with E-state index in [2.05, 4.69) is 0 Å². The average molecular weight is 227 g/mol. The predicted molar refractivity (Wildman–Crippen MR) is 51.7 cm³/mol. The van der Waals surface area contributed by atoms with Crippen molar-refractivity contribution in [1.29, 1.82) is 0 Å². The number of non-ortho nitro benzene ring substituents is 1. The average Bonchev–Trinajstić information content (AvgIpc) is 2.27. The van der Waals surface area contributed by atoms with Gasteiger partial charge in [-0.25, -0.2) is 4.79 Å². The first-order chi connectivity index (χ1) is 7.41. The minimum atomic E-state index is -2.44. The molecule has 3 N–H and O–H groups in total. The first kappa shape index (κ1) is 12.1. The van der Waals surface area contributed by atoms with E-state index in [0.717, 1.165) is 24.3 Å². The monoisotopic (exact) mass is 227 g/mol. The van der Waals surface area contributed by atoms with Crippen molar-refractivity contribution in [3.8, 4) is 0 Å². The van der Waals surface area contributed by atoms with Crippen LogP contribution in [-0.4, -0.2) is 32.8 Å². The molecule has 1 rings (SSSR count). The van der Waals surface area contributed by atoms with Crippen molar-refractivity contribution in [2.24, 2.45) is 0 Å². The number of carboxylic acid groups (broad SMARTS) is 1. The lowest BCUT2D eigenvalue weighted by Crippen LogP contribution is -2.39. The summed E-state index contributed by atoms with van der Waals surface area (Å²) in [6, 6.07) is 4.28. The summed E-state index contributed by atoms with van der Waals surface area (Å²) in [5.41, 5.74) is -2.78. The van der Waals surface area contributed by atoms with Crippen molar-refractivity contribution in [3.63, 3.8) is 0 Å². The molecule has 1 atom stereocenters. The molecule has 1 aromatic carbocycles. The molecule has 0 amide bonds. The van der Waals surface area contributed by atoms with Gasteiger partial charge in [-0.05, 0) is 17.7 Å². The van der Waals surface area contributed by atoms with Crippen LogP contribution in [0, 0.1) is 10.1 Å². The fraction of sp³-hybridized carbons (Fsp3) is 0.222. The number of nitro benzene ring substituents is 1. The van der Waals surface area contributed by atoms with Crippen molar-refractivity contribution in [2.45, 2.75) is 5.60 Å². The van der Waals surface area contributed by atoms with Gasteiger partial charge in [-0.2, -0.15) is 0 Å². The van der Waals surface area contributed by atoms with Crippen LogP contribution in [0.3, 0.4) is 0 Å². The zero-order chi connectivity index (χ0) is 12.3. The molecule has 0 heterocycles. The number of hydrogen-bond acceptors (Lipinski definition) is 5. The van der Waals surface area contributed by atoms with Crippen molar-refractivity contribution in [3.05, 3.63) is 39.9 Å². The largest absolute Gasteiger partial charge is 0.479 e. The fourth-order valence-electron chi connectivity index (χ4n) is 1.14. The Hall–Kier alpha value is -1.99. The third-order valence-corrected chi connectivity index (χ3v) is 2.14. The number of carboxylic acids is 1. The van der Waals surface area contributed by atoms with Crippen LogP contribution >= 0.6 is 0 Å². The van der Waals surface area contributed by atoms with Crippen LogP contribution in [0.15, 0.2) is 24.3 Å². The van der Waals surface area contributed by atoms with Gasteiger partial charge in [0.15, 0.2) is 0 Å². The lowest BCUT2D eigenvalue weighted by Gasteiger charge is -2.20. The van der Waals surface area contributed by atoms with Crippen LogP contribution in [0.4, 0.5) is 5.69 Å². The zero-order valence-electron chi connectivity index (χ0n) is 8.03. The van der Waals surface area contributed by atoms with Gasteiger partial charge in [-0.3, -0.25) is 10.1 Å². The predicted octanol–water partition coefficient (Wildman–Crippen LogP) is -0.141. The van der Waals surface area contributed by atoms with Crippen LogP contribution < -0.4 is 0 Å². The number of nitrogens with zero attached hydrogens (tertiary/aromatic N) is 1. The first-order valence-electron chi connectivity index (χ1n) is 4.23. The molecule has 7 nitrogen and oxygen atoms in total. The van der Waals surface area contributed by atoms with E-state index in [1.54, 1.807) is 0 Å². The number of hydrogen-bond donors (Lipinski definition) is 3. The summed E-state index contributed by atoms with van der Waals surface area (Å²) in [6.45, 7) is -1.01. The second-order valence-electron chi connectivity index (χ2n) is 3.13. The summed E-state index contributed by atoms with van der Waals surface area (Å²) >= 11 is 0. The van der Waals surface area contributed by atoms with Crippen molar-refractivity contribution in [1.82, 2.24) is 0 Å². The number of benzene rings is 1. The molecule has 0 spiro atoms. The third-order valence-electron chi connectivity index (χ3n) is 2.14. The highest BCUT2D eigenvalue weighted by atomic mass is 16.6. The Morgan fingerprint density at radius 3 is 2.19 bits per heavy atom. The molecule has 1 aromatic rings. The molecule has 0 saturated carbocycles. The number of aliphatic hydroxyl groups is 2. The maximum atomic E-state index is 10.7. The van der Waals surface area contributed by atoms with Gasteiger partial charge in [-0.15, -0.1) is 0 Å². The molecule has 0 fully saturated rings. The lowest BCUT2D eigenvalue weighted by atomic mass is 9.95. The lowest BCUT2D eigenvalue weighted by molar-refractivity contribution is -0.384. The van der Waals surface area contributed by atoms with Crippen LogP contribution in [0.1, 0.15) is 5.56 Å². The van der Waals surface area contributed by atoms with Crippen LogP contribution in [-0.2, 0) is 10.4 Å². The normalized spacial score (nSPS) is 14.1. The molecule has 0 aliphatic carbocycles. The molecule has 0 aliphatic heterocycles. The SMILES string of the molecule is O=C(O)C(O)(CO)c1ccc([N+](=O)[O-])cc1.